The van der Waals surface area contributed by atoms with Crippen molar-refractivity contribution >= 4 is 5.57 Å². The first-order valence-electron chi connectivity index (χ1n) is 9.51. The molecule has 0 amide bonds. The second kappa shape index (κ2) is 6.97. The van der Waals surface area contributed by atoms with Crippen LogP contribution >= 0.6 is 0 Å². The lowest BCUT2D eigenvalue weighted by atomic mass is 9.86. The van der Waals surface area contributed by atoms with Crippen molar-refractivity contribution in [3.8, 4) is 11.1 Å². The topological polar surface area (TPSA) is 0 Å². The van der Waals surface area contributed by atoms with Crippen LogP contribution < -0.4 is 0 Å². The second-order valence-corrected chi connectivity index (χ2v) is 7.24. The zero-order valence-electron chi connectivity index (χ0n) is 15.9. The number of benzene rings is 2. The first kappa shape index (κ1) is 17.0. The Kier molecular flexibility index (Phi) is 4.94. The number of rotatable bonds is 5. The van der Waals surface area contributed by atoms with Crippen LogP contribution in [-0.4, -0.2) is 0 Å². The molecule has 1 aliphatic carbocycles. The SMILES string of the molecule is CCCc1cccc(-c2cccc3c2C(C)=C(C)C3C)c1CCC. The quantitative estimate of drug-likeness (QED) is 0.548. The van der Waals surface area contributed by atoms with Crippen LogP contribution in [0.3, 0.4) is 0 Å². The van der Waals surface area contributed by atoms with E-state index in [-0.39, 0.29) is 0 Å². The molecule has 0 radical (unpaired) electrons. The van der Waals surface area contributed by atoms with Gasteiger partial charge in [-0.05, 0) is 65.6 Å². The number of fused-ring (bicyclic) bond motifs is 1. The number of allylic oxidation sites excluding steroid dienone is 2. The zero-order chi connectivity index (χ0) is 17.3. The summed E-state index contributed by atoms with van der Waals surface area (Å²) in [6.45, 7) is 11.5. The molecule has 0 nitrogen and oxygen atoms in total. The van der Waals surface area contributed by atoms with Gasteiger partial charge in [0.15, 0.2) is 0 Å². The number of hydrogen-bond donors (Lipinski definition) is 0. The smallest absolute Gasteiger partial charge is 0.00292 e. The van der Waals surface area contributed by atoms with Crippen molar-refractivity contribution in [1.29, 1.82) is 0 Å². The van der Waals surface area contributed by atoms with E-state index >= 15 is 0 Å². The minimum absolute atomic E-state index is 0.549. The number of aryl methyl sites for hydroxylation is 1. The van der Waals surface area contributed by atoms with Gasteiger partial charge in [0, 0.05) is 5.92 Å². The summed E-state index contributed by atoms with van der Waals surface area (Å²) < 4.78 is 0. The average molecular weight is 319 g/mol. The van der Waals surface area contributed by atoms with E-state index in [9.17, 15) is 0 Å². The summed E-state index contributed by atoms with van der Waals surface area (Å²) in [5.74, 6) is 0.549. The predicted molar refractivity (Wildman–Crippen MR) is 107 cm³/mol. The molecule has 126 valence electrons. The van der Waals surface area contributed by atoms with Crippen LogP contribution in [0.4, 0.5) is 0 Å². The van der Waals surface area contributed by atoms with E-state index in [2.05, 4.69) is 71.0 Å². The van der Waals surface area contributed by atoms with Crippen molar-refractivity contribution in [3.63, 3.8) is 0 Å². The highest BCUT2D eigenvalue weighted by molar-refractivity contribution is 5.89. The monoisotopic (exact) mass is 318 g/mol. The van der Waals surface area contributed by atoms with Gasteiger partial charge in [0.05, 0.1) is 0 Å². The summed E-state index contributed by atoms with van der Waals surface area (Å²) in [6.07, 6.45) is 4.77. The van der Waals surface area contributed by atoms with Crippen LogP contribution in [0, 0.1) is 0 Å². The van der Waals surface area contributed by atoms with Gasteiger partial charge in [-0.2, -0.15) is 0 Å². The summed E-state index contributed by atoms with van der Waals surface area (Å²) in [4.78, 5) is 0. The maximum atomic E-state index is 2.34. The van der Waals surface area contributed by atoms with Crippen molar-refractivity contribution in [2.24, 2.45) is 0 Å². The van der Waals surface area contributed by atoms with Crippen molar-refractivity contribution in [3.05, 3.63) is 64.2 Å². The highest BCUT2D eigenvalue weighted by atomic mass is 14.3. The molecule has 24 heavy (non-hydrogen) atoms. The highest BCUT2D eigenvalue weighted by Gasteiger charge is 2.26. The number of hydrogen-bond acceptors (Lipinski definition) is 0. The molecule has 0 heteroatoms. The van der Waals surface area contributed by atoms with Crippen molar-refractivity contribution in [2.75, 3.05) is 0 Å². The van der Waals surface area contributed by atoms with Gasteiger partial charge in [-0.3, -0.25) is 0 Å². The summed E-state index contributed by atoms with van der Waals surface area (Å²) in [7, 11) is 0. The van der Waals surface area contributed by atoms with Crippen molar-refractivity contribution in [1.82, 2.24) is 0 Å². The Morgan fingerprint density at radius 3 is 2.21 bits per heavy atom. The molecular formula is C24H30. The first-order chi connectivity index (χ1) is 11.6. The molecule has 1 aliphatic rings. The Balaban J connectivity index is 2.24. The lowest BCUT2D eigenvalue weighted by molar-refractivity contribution is 0.862. The Labute approximate surface area is 147 Å². The second-order valence-electron chi connectivity index (χ2n) is 7.24. The van der Waals surface area contributed by atoms with E-state index in [1.165, 1.54) is 59.1 Å². The van der Waals surface area contributed by atoms with Gasteiger partial charge in [-0.25, -0.2) is 0 Å². The molecule has 0 N–H and O–H groups in total. The average Bonchev–Trinajstić information content (AvgIpc) is 2.81. The molecule has 0 fully saturated rings. The summed E-state index contributed by atoms with van der Waals surface area (Å²) in [5, 5.41) is 0. The third-order valence-electron chi connectivity index (χ3n) is 5.76. The van der Waals surface area contributed by atoms with Gasteiger partial charge in [-0.15, -0.1) is 0 Å². The van der Waals surface area contributed by atoms with Crippen LogP contribution in [-0.2, 0) is 12.8 Å². The molecular weight excluding hydrogens is 288 g/mol. The molecule has 0 aliphatic heterocycles. The van der Waals surface area contributed by atoms with Gasteiger partial charge in [0.1, 0.15) is 0 Å². The Morgan fingerprint density at radius 1 is 0.833 bits per heavy atom. The fourth-order valence-electron chi connectivity index (χ4n) is 4.26. The molecule has 0 saturated carbocycles. The maximum Gasteiger partial charge on any atom is 0.00292 e. The predicted octanol–water partition coefficient (Wildman–Crippen LogP) is 7.17. The normalized spacial score (nSPS) is 16.6. The Hall–Kier alpha value is -1.82. The third-order valence-corrected chi connectivity index (χ3v) is 5.76. The minimum Gasteiger partial charge on any atom is -0.0651 e. The van der Waals surface area contributed by atoms with Crippen molar-refractivity contribution < 1.29 is 0 Å². The standard InChI is InChI=1S/C24H30/c1-6-10-19-12-8-14-22(21(19)11-7-2)23-15-9-13-20-17(4)16(3)18(5)24(20)23/h8-9,12-15,17H,6-7,10-11H2,1-5H3. The van der Waals surface area contributed by atoms with E-state index in [4.69, 9.17) is 0 Å². The van der Waals surface area contributed by atoms with Crippen LogP contribution in [0.5, 0.6) is 0 Å². The summed E-state index contributed by atoms with van der Waals surface area (Å²) >= 11 is 0. The maximum absolute atomic E-state index is 2.34. The van der Waals surface area contributed by atoms with E-state index in [0.29, 0.717) is 5.92 Å². The molecule has 1 atom stereocenters. The van der Waals surface area contributed by atoms with Gasteiger partial charge >= 0.3 is 0 Å². The van der Waals surface area contributed by atoms with Crippen molar-refractivity contribution in [2.45, 2.75) is 66.2 Å². The van der Waals surface area contributed by atoms with E-state index < -0.39 is 0 Å². The molecule has 0 aromatic heterocycles. The third kappa shape index (κ3) is 2.73. The fourth-order valence-corrected chi connectivity index (χ4v) is 4.26. The van der Waals surface area contributed by atoms with Gasteiger partial charge in [0.2, 0.25) is 0 Å². The molecule has 3 rings (SSSR count). The van der Waals surface area contributed by atoms with Crippen LogP contribution in [0.2, 0.25) is 0 Å². The van der Waals surface area contributed by atoms with Crippen LogP contribution in [0.15, 0.2) is 42.0 Å². The largest absolute Gasteiger partial charge is 0.0651 e. The lowest BCUT2D eigenvalue weighted by Crippen LogP contribution is -2.00. The molecule has 0 saturated heterocycles. The van der Waals surface area contributed by atoms with E-state index in [1.54, 1.807) is 11.1 Å². The van der Waals surface area contributed by atoms with Gasteiger partial charge in [0.25, 0.3) is 0 Å². The Bertz CT molecular complexity index is 777. The molecule has 2 aromatic carbocycles. The molecule has 1 unspecified atom stereocenters. The van der Waals surface area contributed by atoms with Gasteiger partial charge in [-0.1, -0.05) is 75.6 Å². The highest BCUT2D eigenvalue weighted by Crippen LogP contribution is 2.46. The molecule has 2 aromatic rings. The molecule has 0 heterocycles. The fraction of sp³-hybridized carbons (Fsp3) is 0.417. The van der Waals surface area contributed by atoms with Gasteiger partial charge < -0.3 is 0 Å². The van der Waals surface area contributed by atoms with E-state index in [0.717, 1.165) is 0 Å². The first-order valence-corrected chi connectivity index (χ1v) is 9.51. The molecule has 0 spiro atoms. The molecule has 0 bridgehead atoms. The van der Waals surface area contributed by atoms with Crippen LogP contribution in [0.25, 0.3) is 16.7 Å². The zero-order valence-corrected chi connectivity index (χ0v) is 15.9. The van der Waals surface area contributed by atoms with E-state index in [1.807, 2.05) is 0 Å². The van der Waals surface area contributed by atoms with Crippen LogP contribution in [0.1, 0.15) is 75.6 Å². The summed E-state index contributed by atoms with van der Waals surface area (Å²) in [5.41, 5.74) is 12.0. The Morgan fingerprint density at radius 2 is 1.50 bits per heavy atom. The lowest BCUT2D eigenvalue weighted by Gasteiger charge is -2.18. The summed E-state index contributed by atoms with van der Waals surface area (Å²) in [6, 6.07) is 13.8. The minimum atomic E-state index is 0.549.